The Labute approximate surface area is 143 Å². The molecule has 5 nitrogen and oxygen atoms in total. The largest absolute Gasteiger partial charge is 0.443 e. The molecule has 0 saturated carbocycles. The molecule has 0 spiro atoms. The van der Waals surface area contributed by atoms with E-state index in [1.165, 1.54) is 0 Å². The summed E-state index contributed by atoms with van der Waals surface area (Å²) < 4.78 is 6.45. The fourth-order valence-electron chi connectivity index (χ4n) is 2.19. The molecule has 22 heavy (non-hydrogen) atoms. The van der Waals surface area contributed by atoms with Gasteiger partial charge in [0.15, 0.2) is 0 Å². The average Bonchev–Trinajstić information content (AvgIpc) is 2.95. The quantitative estimate of drug-likeness (QED) is 0.858. The zero-order valence-electron chi connectivity index (χ0n) is 13.4. The van der Waals surface area contributed by atoms with E-state index in [0.717, 1.165) is 9.35 Å². The minimum absolute atomic E-state index is 0.355. The number of hydrogen-bond acceptors (Lipinski definition) is 5. The maximum Gasteiger partial charge on any atom is 0.415 e. The third-order valence-corrected chi connectivity index (χ3v) is 5.17. The van der Waals surface area contributed by atoms with Crippen LogP contribution in [0.2, 0.25) is 0 Å². The van der Waals surface area contributed by atoms with Gasteiger partial charge >= 0.3 is 6.09 Å². The van der Waals surface area contributed by atoms with Gasteiger partial charge in [-0.3, -0.25) is 9.89 Å². The van der Waals surface area contributed by atoms with Crippen LogP contribution in [0.1, 0.15) is 39.0 Å². The summed E-state index contributed by atoms with van der Waals surface area (Å²) in [6, 6.07) is 2.01. The van der Waals surface area contributed by atoms with E-state index in [2.05, 4.69) is 20.9 Å². The number of rotatable bonds is 3. The molecule has 0 aromatic carbocycles. The lowest BCUT2D eigenvalue weighted by molar-refractivity contribution is 0.0380. The van der Waals surface area contributed by atoms with Gasteiger partial charge in [-0.2, -0.15) is 0 Å². The second kappa shape index (κ2) is 6.29. The Kier molecular flexibility index (Phi) is 4.99. The van der Waals surface area contributed by atoms with Crippen molar-refractivity contribution in [3.8, 4) is 0 Å². The van der Waals surface area contributed by atoms with Crippen molar-refractivity contribution in [2.75, 3.05) is 13.1 Å². The molecule has 1 aliphatic heterocycles. The van der Waals surface area contributed by atoms with E-state index in [1.807, 2.05) is 39.1 Å². The number of nitrogens with zero attached hydrogens (tertiary/aromatic N) is 2. The molecule has 0 aliphatic carbocycles. The van der Waals surface area contributed by atoms with Gasteiger partial charge in [-0.25, -0.2) is 4.79 Å². The second-order valence-corrected chi connectivity index (χ2v) is 8.48. The van der Waals surface area contributed by atoms with Crippen LogP contribution in [0.4, 0.5) is 4.79 Å². The van der Waals surface area contributed by atoms with Crippen LogP contribution in [-0.2, 0) is 10.3 Å². The minimum atomic E-state index is -0.569. The molecular formula is C15H22BrN3O2S. The Balaban J connectivity index is 2.09. The highest BCUT2D eigenvalue weighted by Gasteiger charge is 2.33. The average molecular weight is 388 g/mol. The first kappa shape index (κ1) is 17.4. The van der Waals surface area contributed by atoms with Crippen molar-refractivity contribution in [3.05, 3.63) is 20.8 Å². The number of carbonyl (C=O) groups excluding carboxylic acids is 1. The highest BCUT2D eigenvalue weighted by atomic mass is 79.9. The Bertz CT molecular complexity index is 590. The van der Waals surface area contributed by atoms with Crippen LogP contribution >= 0.6 is 27.3 Å². The Morgan fingerprint density at radius 3 is 2.73 bits per heavy atom. The maximum atomic E-state index is 12.3. The van der Waals surface area contributed by atoms with E-state index in [4.69, 9.17) is 10.5 Å². The molecule has 1 amide bonds. The van der Waals surface area contributed by atoms with Gasteiger partial charge in [0.05, 0.1) is 18.6 Å². The smallest absolute Gasteiger partial charge is 0.415 e. The molecule has 0 bridgehead atoms. The molecule has 1 aliphatic rings. The summed E-state index contributed by atoms with van der Waals surface area (Å²) in [6.45, 7) is 8.67. The summed E-state index contributed by atoms with van der Waals surface area (Å²) >= 11 is 5.04. The van der Waals surface area contributed by atoms with Gasteiger partial charge in [-0.05, 0) is 49.7 Å². The summed E-state index contributed by atoms with van der Waals surface area (Å²) in [7, 11) is 0. The van der Waals surface area contributed by atoms with Crippen LogP contribution in [0.3, 0.4) is 0 Å². The lowest BCUT2D eigenvalue weighted by Gasteiger charge is -2.29. The van der Waals surface area contributed by atoms with Crippen molar-refractivity contribution in [1.29, 1.82) is 0 Å². The zero-order chi connectivity index (χ0) is 16.5. The zero-order valence-corrected chi connectivity index (χ0v) is 15.8. The topological polar surface area (TPSA) is 67.9 Å². The number of nitrogens with two attached hydrogens (primary N) is 1. The molecule has 1 aromatic heterocycles. The van der Waals surface area contributed by atoms with Crippen LogP contribution < -0.4 is 5.73 Å². The Hall–Kier alpha value is -0.920. The first-order valence-electron chi connectivity index (χ1n) is 7.16. The number of amides is 1. The van der Waals surface area contributed by atoms with Crippen LogP contribution in [0.25, 0.3) is 0 Å². The van der Waals surface area contributed by atoms with Gasteiger partial charge in [-0.15, -0.1) is 11.3 Å². The number of ether oxygens (including phenoxy) is 1. The molecule has 0 fully saturated rings. The number of thiophene rings is 1. The molecule has 2 N–H and O–H groups in total. The standard InChI is InChI=1S/C15H22BrN3O2S/c1-14(2,3)21-13(20)19-6-5-18-12(19)8-15(4,17)11-7-10(16)9-22-11/h7,9H,5-6,8,17H2,1-4H3/t15-/m0/s1. The number of carbonyl (C=O) groups is 1. The van der Waals surface area contributed by atoms with Crippen LogP contribution in [-0.4, -0.2) is 35.5 Å². The minimum Gasteiger partial charge on any atom is -0.443 e. The van der Waals surface area contributed by atoms with Gasteiger partial charge in [0.2, 0.25) is 0 Å². The third kappa shape index (κ3) is 4.30. The van der Waals surface area contributed by atoms with Crippen molar-refractivity contribution in [1.82, 2.24) is 4.90 Å². The van der Waals surface area contributed by atoms with E-state index < -0.39 is 11.1 Å². The number of aliphatic imine (C=N–C) groups is 1. The Morgan fingerprint density at radius 2 is 2.18 bits per heavy atom. The van der Waals surface area contributed by atoms with Crippen molar-refractivity contribution in [2.45, 2.75) is 45.3 Å². The molecule has 122 valence electrons. The van der Waals surface area contributed by atoms with Crippen molar-refractivity contribution >= 4 is 39.2 Å². The molecule has 2 rings (SSSR count). The van der Waals surface area contributed by atoms with E-state index in [-0.39, 0.29) is 6.09 Å². The van der Waals surface area contributed by atoms with Crippen LogP contribution in [0.15, 0.2) is 20.9 Å². The number of amidine groups is 1. The summed E-state index contributed by atoms with van der Waals surface area (Å²) in [6.07, 6.45) is 0.144. The predicted octanol–water partition coefficient (Wildman–Crippen LogP) is 3.72. The molecule has 0 saturated heterocycles. The van der Waals surface area contributed by atoms with Crippen molar-refractivity contribution < 1.29 is 9.53 Å². The molecule has 2 heterocycles. The second-order valence-electron chi connectivity index (χ2n) is 6.65. The van der Waals surface area contributed by atoms with E-state index in [9.17, 15) is 4.79 Å². The van der Waals surface area contributed by atoms with Crippen molar-refractivity contribution in [2.24, 2.45) is 10.7 Å². The monoisotopic (exact) mass is 387 g/mol. The van der Waals surface area contributed by atoms with Crippen LogP contribution in [0, 0.1) is 0 Å². The van der Waals surface area contributed by atoms with E-state index >= 15 is 0 Å². The Morgan fingerprint density at radius 1 is 1.50 bits per heavy atom. The van der Waals surface area contributed by atoms with E-state index in [1.54, 1.807) is 16.2 Å². The summed E-state index contributed by atoms with van der Waals surface area (Å²) in [5.74, 6) is 0.698. The molecule has 1 atom stereocenters. The molecule has 7 heteroatoms. The number of halogens is 1. The molecule has 0 radical (unpaired) electrons. The predicted molar refractivity (Wildman–Crippen MR) is 93.4 cm³/mol. The van der Waals surface area contributed by atoms with Gasteiger partial charge in [0.25, 0.3) is 0 Å². The molecule has 1 aromatic rings. The summed E-state index contributed by atoms with van der Waals surface area (Å²) in [4.78, 5) is 19.4. The first-order chi connectivity index (χ1) is 10.1. The lowest BCUT2D eigenvalue weighted by Crippen LogP contribution is -2.43. The summed E-state index contributed by atoms with van der Waals surface area (Å²) in [5, 5.41) is 2.00. The summed E-state index contributed by atoms with van der Waals surface area (Å²) in [5.41, 5.74) is 5.36. The lowest BCUT2D eigenvalue weighted by atomic mass is 9.96. The van der Waals surface area contributed by atoms with Crippen molar-refractivity contribution in [3.63, 3.8) is 0 Å². The highest BCUT2D eigenvalue weighted by Crippen LogP contribution is 2.32. The highest BCUT2D eigenvalue weighted by molar-refractivity contribution is 9.10. The molecular weight excluding hydrogens is 366 g/mol. The SMILES string of the molecule is CC(C)(C)OC(=O)N1CCN=C1C[C@](C)(N)c1cc(Br)cs1. The maximum absolute atomic E-state index is 12.3. The van der Waals surface area contributed by atoms with Gasteiger partial charge in [0, 0.05) is 21.2 Å². The fraction of sp³-hybridized carbons (Fsp3) is 0.600. The fourth-order valence-corrected chi connectivity index (χ4v) is 3.69. The van der Waals surface area contributed by atoms with E-state index in [0.29, 0.717) is 25.3 Å². The van der Waals surface area contributed by atoms with Crippen LogP contribution in [0.5, 0.6) is 0 Å². The van der Waals surface area contributed by atoms with Gasteiger partial charge in [0.1, 0.15) is 11.4 Å². The van der Waals surface area contributed by atoms with Gasteiger partial charge < -0.3 is 10.5 Å². The van der Waals surface area contributed by atoms with Gasteiger partial charge in [-0.1, -0.05) is 0 Å². The third-order valence-electron chi connectivity index (χ3n) is 3.20. The number of hydrogen-bond donors (Lipinski definition) is 1. The normalized spacial score (nSPS) is 18.1. The first-order valence-corrected chi connectivity index (χ1v) is 8.83. The molecule has 0 unspecified atom stereocenters.